The van der Waals surface area contributed by atoms with Crippen LogP contribution in [0.4, 0.5) is 0 Å². The van der Waals surface area contributed by atoms with Gasteiger partial charge in [-0.15, -0.1) is 0 Å². The minimum Gasteiger partial charge on any atom is -0.493 e. The maximum absolute atomic E-state index is 10.7. The fourth-order valence-electron chi connectivity index (χ4n) is 4.47. The highest BCUT2D eigenvalue weighted by Crippen LogP contribution is 2.43. The number of hydrogen-bond acceptors (Lipinski definition) is 4. The van der Waals surface area contributed by atoms with E-state index in [2.05, 4.69) is 44.7 Å². The third kappa shape index (κ3) is 4.17. The van der Waals surface area contributed by atoms with Crippen molar-refractivity contribution in [3.63, 3.8) is 0 Å². The first-order chi connectivity index (χ1) is 12.4. The Morgan fingerprint density at radius 1 is 1.15 bits per heavy atom. The summed E-state index contributed by atoms with van der Waals surface area (Å²) in [6.45, 7) is 11.5. The topological polar surface area (TPSA) is 41.9 Å². The van der Waals surface area contributed by atoms with Crippen molar-refractivity contribution >= 4 is 0 Å². The molecule has 1 aromatic carbocycles. The Morgan fingerprint density at radius 3 is 2.58 bits per heavy atom. The molecule has 4 heteroatoms. The number of ether oxygens (including phenoxy) is 2. The van der Waals surface area contributed by atoms with Crippen molar-refractivity contribution in [2.45, 2.75) is 59.1 Å². The largest absolute Gasteiger partial charge is 0.493 e. The molecule has 0 saturated carbocycles. The zero-order valence-corrected chi connectivity index (χ0v) is 17.0. The van der Waals surface area contributed by atoms with Crippen LogP contribution in [-0.2, 0) is 6.42 Å². The Bertz CT molecular complexity index is 614. The van der Waals surface area contributed by atoms with E-state index in [0.717, 1.165) is 43.9 Å². The molecule has 4 nitrogen and oxygen atoms in total. The van der Waals surface area contributed by atoms with Crippen molar-refractivity contribution in [3.05, 3.63) is 23.3 Å². The van der Waals surface area contributed by atoms with E-state index in [9.17, 15) is 5.11 Å². The predicted molar refractivity (Wildman–Crippen MR) is 105 cm³/mol. The monoisotopic (exact) mass is 361 g/mol. The summed E-state index contributed by atoms with van der Waals surface area (Å²) in [7, 11) is 1.71. The van der Waals surface area contributed by atoms with Gasteiger partial charge in [0.2, 0.25) is 0 Å². The predicted octanol–water partition coefficient (Wildman–Crippen LogP) is 4.06. The summed E-state index contributed by atoms with van der Waals surface area (Å²) in [6, 6.07) is 4.61. The van der Waals surface area contributed by atoms with Crippen LogP contribution in [0, 0.1) is 17.8 Å². The van der Waals surface area contributed by atoms with Gasteiger partial charge in [0.1, 0.15) is 0 Å². The van der Waals surface area contributed by atoms with Crippen LogP contribution in [0.2, 0.25) is 0 Å². The maximum atomic E-state index is 10.7. The molecule has 2 heterocycles. The van der Waals surface area contributed by atoms with Gasteiger partial charge in [-0.2, -0.15) is 0 Å². The number of hydrogen-bond donors (Lipinski definition) is 1. The van der Waals surface area contributed by atoms with Crippen LogP contribution >= 0.6 is 0 Å². The Kier molecular flexibility index (Phi) is 6.13. The van der Waals surface area contributed by atoms with Crippen LogP contribution in [0.1, 0.15) is 57.7 Å². The molecule has 146 valence electrons. The summed E-state index contributed by atoms with van der Waals surface area (Å²) in [6.07, 6.45) is 2.74. The van der Waals surface area contributed by atoms with E-state index in [1.54, 1.807) is 7.11 Å². The summed E-state index contributed by atoms with van der Waals surface area (Å²) in [5, 5.41) is 10.7. The van der Waals surface area contributed by atoms with Crippen molar-refractivity contribution < 1.29 is 14.6 Å². The van der Waals surface area contributed by atoms with Gasteiger partial charge >= 0.3 is 0 Å². The number of aliphatic hydroxyl groups is 1. The Balaban J connectivity index is 1.82. The molecule has 0 aromatic heterocycles. The van der Waals surface area contributed by atoms with Gasteiger partial charge in [-0.25, -0.2) is 0 Å². The zero-order valence-electron chi connectivity index (χ0n) is 17.0. The quantitative estimate of drug-likeness (QED) is 0.830. The van der Waals surface area contributed by atoms with E-state index >= 15 is 0 Å². The lowest BCUT2D eigenvalue weighted by Crippen LogP contribution is -2.48. The van der Waals surface area contributed by atoms with Crippen molar-refractivity contribution in [1.29, 1.82) is 0 Å². The van der Waals surface area contributed by atoms with Gasteiger partial charge < -0.3 is 14.6 Å². The van der Waals surface area contributed by atoms with Crippen molar-refractivity contribution in [1.82, 2.24) is 4.90 Å². The van der Waals surface area contributed by atoms with Gasteiger partial charge in [0.25, 0.3) is 0 Å². The number of nitrogens with zero attached hydrogens (tertiary/aromatic N) is 1. The van der Waals surface area contributed by atoms with E-state index in [1.165, 1.54) is 11.1 Å². The smallest absolute Gasteiger partial charge is 0.161 e. The second-order valence-electron chi connectivity index (χ2n) is 8.86. The standard InChI is InChI=1S/C22H35NO3/c1-14(2)8-17-12-23-7-6-16-9-22(26-13-15(3)4)21(25-5)10-18(16)19(23)11-20(17)24/h9-10,14-15,17,19-20,24H,6-8,11-13H2,1-5H3. The highest BCUT2D eigenvalue weighted by atomic mass is 16.5. The van der Waals surface area contributed by atoms with Crippen LogP contribution in [-0.4, -0.2) is 42.9 Å². The number of benzene rings is 1. The zero-order chi connectivity index (χ0) is 18.8. The summed E-state index contributed by atoms with van der Waals surface area (Å²) in [5.74, 6) is 3.16. The highest BCUT2D eigenvalue weighted by Gasteiger charge is 2.38. The normalized spacial score (nSPS) is 25.9. The molecule has 0 spiro atoms. The summed E-state index contributed by atoms with van der Waals surface area (Å²) < 4.78 is 11.6. The van der Waals surface area contributed by atoms with Crippen molar-refractivity contribution in [2.75, 3.05) is 26.8 Å². The van der Waals surface area contributed by atoms with E-state index in [-0.39, 0.29) is 6.10 Å². The lowest BCUT2D eigenvalue weighted by molar-refractivity contribution is -0.0191. The average Bonchev–Trinajstić information content (AvgIpc) is 2.59. The maximum Gasteiger partial charge on any atom is 0.161 e. The minimum absolute atomic E-state index is 0.215. The number of piperidine rings is 1. The Hall–Kier alpha value is -1.26. The first-order valence-electron chi connectivity index (χ1n) is 10.1. The number of aliphatic hydroxyl groups excluding tert-OH is 1. The molecule has 3 rings (SSSR count). The summed E-state index contributed by atoms with van der Waals surface area (Å²) >= 11 is 0. The van der Waals surface area contributed by atoms with Gasteiger partial charge in [0.05, 0.1) is 19.8 Å². The fraction of sp³-hybridized carbons (Fsp3) is 0.727. The molecule has 0 aliphatic carbocycles. The first-order valence-corrected chi connectivity index (χ1v) is 10.1. The fourth-order valence-corrected chi connectivity index (χ4v) is 4.47. The molecule has 0 bridgehead atoms. The van der Waals surface area contributed by atoms with Crippen molar-refractivity contribution in [2.24, 2.45) is 17.8 Å². The average molecular weight is 362 g/mol. The number of fused-ring (bicyclic) bond motifs is 3. The lowest BCUT2D eigenvalue weighted by atomic mass is 9.79. The molecule has 0 amide bonds. The van der Waals surface area contributed by atoms with Crippen LogP contribution in [0.5, 0.6) is 11.5 Å². The first kappa shape index (κ1) is 19.5. The molecule has 2 aliphatic rings. The Labute approximate surface area is 158 Å². The molecule has 0 radical (unpaired) electrons. The summed E-state index contributed by atoms with van der Waals surface area (Å²) in [4.78, 5) is 2.57. The SMILES string of the molecule is COc1cc2c(cc1OCC(C)C)CCN1CC(CC(C)C)C(O)CC21. The number of rotatable bonds is 6. The second-order valence-corrected chi connectivity index (χ2v) is 8.86. The molecule has 1 saturated heterocycles. The molecule has 1 N–H and O–H groups in total. The third-order valence-corrected chi connectivity index (χ3v) is 5.72. The molecule has 1 fully saturated rings. The van der Waals surface area contributed by atoms with E-state index < -0.39 is 0 Å². The molecule has 26 heavy (non-hydrogen) atoms. The van der Waals surface area contributed by atoms with E-state index in [4.69, 9.17) is 9.47 Å². The number of methoxy groups -OCH3 is 1. The van der Waals surface area contributed by atoms with Crippen LogP contribution < -0.4 is 9.47 Å². The van der Waals surface area contributed by atoms with Crippen molar-refractivity contribution in [3.8, 4) is 11.5 Å². The van der Waals surface area contributed by atoms with Gasteiger partial charge in [-0.3, -0.25) is 4.90 Å². The van der Waals surface area contributed by atoms with Crippen LogP contribution in [0.25, 0.3) is 0 Å². The molecule has 2 aliphatic heterocycles. The second kappa shape index (κ2) is 8.18. The third-order valence-electron chi connectivity index (χ3n) is 5.72. The molecular weight excluding hydrogens is 326 g/mol. The van der Waals surface area contributed by atoms with E-state index in [1.807, 2.05) is 0 Å². The van der Waals surface area contributed by atoms with Gasteiger partial charge in [0, 0.05) is 19.1 Å². The van der Waals surface area contributed by atoms with Crippen LogP contribution in [0.3, 0.4) is 0 Å². The highest BCUT2D eigenvalue weighted by molar-refractivity contribution is 5.49. The van der Waals surface area contributed by atoms with Crippen LogP contribution in [0.15, 0.2) is 12.1 Å². The molecule has 3 atom stereocenters. The van der Waals surface area contributed by atoms with Gasteiger partial charge in [-0.1, -0.05) is 27.7 Å². The Morgan fingerprint density at radius 2 is 1.92 bits per heavy atom. The molecular formula is C22H35NO3. The van der Waals surface area contributed by atoms with Gasteiger partial charge in [-0.05, 0) is 60.3 Å². The minimum atomic E-state index is -0.215. The summed E-state index contributed by atoms with van der Waals surface area (Å²) in [5.41, 5.74) is 2.66. The molecule has 1 aromatic rings. The lowest BCUT2D eigenvalue weighted by Gasteiger charge is -2.46. The molecule has 3 unspecified atom stereocenters. The van der Waals surface area contributed by atoms with Gasteiger partial charge in [0.15, 0.2) is 11.5 Å². The van der Waals surface area contributed by atoms with E-state index in [0.29, 0.717) is 30.4 Å².